The summed E-state index contributed by atoms with van der Waals surface area (Å²) in [6, 6.07) is 4.39. The maximum atomic E-state index is 13.4. The summed E-state index contributed by atoms with van der Waals surface area (Å²) in [7, 11) is 1.43. The van der Waals surface area contributed by atoms with Crippen LogP contribution in [0.25, 0.3) is 0 Å². The van der Waals surface area contributed by atoms with E-state index in [9.17, 15) is 9.50 Å². The molecule has 0 spiro atoms. The summed E-state index contributed by atoms with van der Waals surface area (Å²) in [5.41, 5.74) is -1.31. The van der Waals surface area contributed by atoms with E-state index in [1.165, 1.54) is 32.2 Å². The lowest BCUT2D eigenvalue weighted by atomic mass is 9.95. The highest BCUT2D eigenvalue weighted by atomic mass is 19.1. The van der Waals surface area contributed by atoms with Gasteiger partial charge in [-0.1, -0.05) is 18.7 Å². The Balaban J connectivity index is 3.37. The maximum Gasteiger partial charge on any atom is 0.133 e. The van der Waals surface area contributed by atoms with E-state index >= 15 is 0 Å². The fourth-order valence-electron chi connectivity index (χ4n) is 1.27. The van der Waals surface area contributed by atoms with Crippen molar-refractivity contribution in [2.45, 2.75) is 12.5 Å². The Morgan fingerprint density at radius 2 is 2.21 bits per heavy atom. The van der Waals surface area contributed by atoms with Crippen LogP contribution in [0.1, 0.15) is 12.5 Å². The first-order chi connectivity index (χ1) is 6.53. The van der Waals surface area contributed by atoms with Gasteiger partial charge < -0.3 is 9.84 Å². The van der Waals surface area contributed by atoms with Crippen molar-refractivity contribution in [3.8, 4) is 5.75 Å². The second kappa shape index (κ2) is 3.80. The van der Waals surface area contributed by atoms with Crippen LogP contribution in [0.2, 0.25) is 0 Å². The van der Waals surface area contributed by atoms with Gasteiger partial charge in [-0.3, -0.25) is 0 Å². The summed E-state index contributed by atoms with van der Waals surface area (Å²) in [5, 5.41) is 9.85. The molecular weight excluding hydrogens is 183 g/mol. The number of hydrogen-bond acceptors (Lipinski definition) is 2. The first-order valence-electron chi connectivity index (χ1n) is 4.22. The van der Waals surface area contributed by atoms with Crippen LogP contribution in [0.5, 0.6) is 5.75 Å². The number of ether oxygens (including phenoxy) is 1. The molecule has 76 valence electrons. The molecule has 1 rings (SSSR count). The summed E-state index contributed by atoms with van der Waals surface area (Å²) in [6.45, 7) is 4.91. The van der Waals surface area contributed by atoms with Crippen molar-refractivity contribution in [3.63, 3.8) is 0 Å². The van der Waals surface area contributed by atoms with Gasteiger partial charge in [-0.05, 0) is 19.1 Å². The molecule has 0 amide bonds. The fourth-order valence-corrected chi connectivity index (χ4v) is 1.27. The molecule has 1 aromatic carbocycles. The molecule has 0 fully saturated rings. The highest BCUT2D eigenvalue weighted by Crippen LogP contribution is 2.32. The highest BCUT2D eigenvalue weighted by Gasteiger charge is 2.26. The molecule has 1 N–H and O–H groups in total. The van der Waals surface area contributed by atoms with Gasteiger partial charge in [0.15, 0.2) is 0 Å². The molecule has 0 saturated heterocycles. The quantitative estimate of drug-likeness (QED) is 0.751. The summed E-state index contributed by atoms with van der Waals surface area (Å²) in [4.78, 5) is 0. The third-order valence-electron chi connectivity index (χ3n) is 2.10. The lowest BCUT2D eigenvalue weighted by Crippen LogP contribution is -2.20. The third kappa shape index (κ3) is 1.77. The lowest BCUT2D eigenvalue weighted by molar-refractivity contribution is 0.103. The zero-order valence-electron chi connectivity index (χ0n) is 8.25. The van der Waals surface area contributed by atoms with Crippen LogP contribution in [0.15, 0.2) is 30.9 Å². The van der Waals surface area contributed by atoms with E-state index in [-0.39, 0.29) is 5.56 Å². The number of aliphatic hydroxyl groups is 1. The normalized spacial score (nSPS) is 14.6. The molecule has 1 unspecified atom stereocenters. The van der Waals surface area contributed by atoms with E-state index in [1.807, 2.05) is 0 Å². The molecule has 1 aromatic rings. The van der Waals surface area contributed by atoms with Crippen molar-refractivity contribution in [1.29, 1.82) is 0 Å². The molecule has 0 aliphatic heterocycles. The SMILES string of the molecule is C=CC(C)(O)c1c(F)cccc1OC. The average molecular weight is 196 g/mol. The van der Waals surface area contributed by atoms with Crippen LogP contribution in [0, 0.1) is 5.82 Å². The molecule has 0 bridgehead atoms. The molecule has 14 heavy (non-hydrogen) atoms. The minimum Gasteiger partial charge on any atom is -0.496 e. The monoisotopic (exact) mass is 196 g/mol. The zero-order valence-corrected chi connectivity index (χ0v) is 8.25. The van der Waals surface area contributed by atoms with E-state index in [4.69, 9.17) is 4.74 Å². The van der Waals surface area contributed by atoms with E-state index in [0.717, 1.165) is 0 Å². The van der Waals surface area contributed by atoms with Gasteiger partial charge in [0.1, 0.15) is 17.2 Å². The number of hydrogen-bond donors (Lipinski definition) is 1. The van der Waals surface area contributed by atoms with E-state index < -0.39 is 11.4 Å². The molecule has 0 heterocycles. The Kier molecular flexibility index (Phi) is 2.91. The minimum absolute atomic E-state index is 0.109. The van der Waals surface area contributed by atoms with Crippen LogP contribution in [0.3, 0.4) is 0 Å². The van der Waals surface area contributed by atoms with E-state index in [1.54, 1.807) is 6.07 Å². The van der Waals surface area contributed by atoms with Gasteiger partial charge in [0.25, 0.3) is 0 Å². The minimum atomic E-state index is -1.42. The molecule has 0 radical (unpaired) electrons. The van der Waals surface area contributed by atoms with Gasteiger partial charge in [-0.2, -0.15) is 0 Å². The molecule has 0 aliphatic carbocycles. The second-order valence-corrected chi connectivity index (χ2v) is 3.17. The topological polar surface area (TPSA) is 29.5 Å². The second-order valence-electron chi connectivity index (χ2n) is 3.17. The molecule has 2 nitrogen and oxygen atoms in total. The fraction of sp³-hybridized carbons (Fsp3) is 0.273. The Morgan fingerprint density at radius 3 is 2.71 bits per heavy atom. The highest BCUT2D eigenvalue weighted by molar-refractivity contribution is 5.40. The van der Waals surface area contributed by atoms with Crippen LogP contribution in [-0.4, -0.2) is 12.2 Å². The van der Waals surface area contributed by atoms with Crippen LogP contribution in [0.4, 0.5) is 4.39 Å². The Bertz CT molecular complexity index is 345. The molecule has 1 atom stereocenters. The molecule has 0 saturated carbocycles. The smallest absolute Gasteiger partial charge is 0.133 e. The summed E-state index contributed by atoms with van der Waals surface area (Å²) in [5.74, 6) is -0.191. The van der Waals surface area contributed by atoms with Crippen LogP contribution >= 0.6 is 0 Å². The van der Waals surface area contributed by atoms with Gasteiger partial charge in [-0.15, -0.1) is 0 Å². The van der Waals surface area contributed by atoms with Crippen molar-refractivity contribution in [2.75, 3.05) is 7.11 Å². The summed E-state index contributed by atoms with van der Waals surface area (Å²) in [6.07, 6.45) is 1.27. The first kappa shape index (κ1) is 10.7. The third-order valence-corrected chi connectivity index (χ3v) is 2.10. The van der Waals surface area contributed by atoms with Crippen molar-refractivity contribution >= 4 is 0 Å². The molecule has 0 aromatic heterocycles. The predicted molar refractivity (Wildman–Crippen MR) is 52.7 cm³/mol. The van der Waals surface area contributed by atoms with Crippen LogP contribution < -0.4 is 4.74 Å². The number of rotatable bonds is 3. The average Bonchev–Trinajstić information content (AvgIpc) is 2.17. The maximum absolute atomic E-state index is 13.4. The number of methoxy groups -OCH3 is 1. The van der Waals surface area contributed by atoms with E-state index in [2.05, 4.69) is 6.58 Å². The van der Waals surface area contributed by atoms with Crippen molar-refractivity contribution < 1.29 is 14.2 Å². The van der Waals surface area contributed by atoms with Gasteiger partial charge in [0, 0.05) is 0 Å². The Labute approximate surface area is 82.6 Å². The number of benzene rings is 1. The Morgan fingerprint density at radius 1 is 1.57 bits per heavy atom. The zero-order chi connectivity index (χ0) is 10.8. The van der Waals surface area contributed by atoms with Crippen LogP contribution in [-0.2, 0) is 5.60 Å². The number of halogens is 1. The predicted octanol–water partition coefficient (Wildman–Crippen LogP) is 2.23. The summed E-state index contributed by atoms with van der Waals surface area (Å²) >= 11 is 0. The molecule has 3 heteroatoms. The van der Waals surface area contributed by atoms with Crippen molar-refractivity contribution in [2.24, 2.45) is 0 Å². The summed E-state index contributed by atoms with van der Waals surface area (Å²) < 4.78 is 18.4. The Hall–Kier alpha value is -1.35. The van der Waals surface area contributed by atoms with Gasteiger partial charge in [0.2, 0.25) is 0 Å². The first-order valence-corrected chi connectivity index (χ1v) is 4.22. The van der Waals surface area contributed by atoms with Crippen molar-refractivity contribution in [1.82, 2.24) is 0 Å². The van der Waals surface area contributed by atoms with Gasteiger partial charge in [0.05, 0.1) is 12.7 Å². The van der Waals surface area contributed by atoms with Crippen molar-refractivity contribution in [3.05, 3.63) is 42.2 Å². The van der Waals surface area contributed by atoms with E-state index in [0.29, 0.717) is 5.75 Å². The molecule has 0 aliphatic rings. The standard InChI is InChI=1S/C11H13FO2/c1-4-11(2,13)10-8(12)6-5-7-9(10)14-3/h4-7,13H,1H2,2-3H3. The molecular formula is C11H13FO2. The lowest BCUT2D eigenvalue weighted by Gasteiger charge is -2.22. The van der Waals surface area contributed by atoms with Gasteiger partial charge in [-0.25, -0.2) is 4.39 Å². The largest absolute Gasteiger partial charge is 0.496 e. The van der Waals surface area contributed by atoms with Gasteiger partial charge >= 0.3 is 0 Å².